The Balaban J connectivity index is 1.29. The van der Waals surface area contributed by atoms with Crippen molar-refractivity contribution in [3.63, 3.8) is 0 Å². The van der Waals surface area contributed by atoms with Crippen LogP contribution in [-0.4, -0.2) is 61.1 Å². The van der Waals surface area contributed by atoms with Crippen LogP contribution in [0, 0.1) is 6.92 Å². The quantitative estimate of drug-likeness (QED) is 0.458. The number of fused-ring (bicyclic) bond motifs is 1. The fourth-order valence-corrected chi connectivity index (χ4v) is 5.59. The van der Waals surface area contributed by atoms with E-state index in [0.29, 0.717) is 41.5 Å². The zero-order valence-corrected chi connectivity index (χ0v) is 21.8. The molecule has 0 saturated carbocycles. The number of aryl methyl sites for hydroxylation is 1. The molecular formula is C30H30F3N3O3. The van der Waals surface area contributed by atoms with Gasteiger partial charge in [0, 0.05) is 43.5 Å². The lowest BCUT2D eigenvalue weighted by Crippen LogP contribution is -2.52. The fraction of sp³-hybridized carbons (Fsp3) is 0.333. The Kier molecular flexibility index (Phi) is 7.36. The molecule has 1 heterocycles. The Morgan fingerprint density at radius 3 is 2.28 bits per heavy atom. The van der Waals surface area contributed by atoms with Gasteiger partial charge in [-0.15, -0.1) is 0 Å². The number of ether oxygens (including phenoxy) is 1. The lowest BCUT2D eigenvalue weighted by Gasteiger charge is -2.37. The summed E-state index contributed by atoms with van der Waals surface area (Å²) in [5.41, 5.74) is 4.73. The van der Waals surface area contributed by atoms with Crippen molar-refractivity contribution in [3.05, 3.63) is 88.5 Å². The molecule has 3 aromatic carbocycles. The van der Waals surface area contributed by atoms with Gasteiger partial charge in [-0.2, -0.15) is 13.2 Å². The molecule has 2 aliphatic rings. The average Bonchev–Trinajstić information content (AvgIpc) is 3.35. The lowest BCUT2D eigenvalue weighted by atomic mass is 9.93. The van der Waals surface area contributed by atoms with Gasteiger partial charge in [0.2, 0.25) is 0 Å². The second kappa shape index (κ2) is 10.7. The number of halogens is 3. The van der Waals surface area contributed by atoms with Gasteiger partial charge in [0.1, 0.15) is 0 Å². The molecule has 1 aliphatic heterocycles. The summed E-state index contributed by atoms with van der Waals surface area (Å²) in [6.07, 6.45) is -2.94. The summed E-state index contributed by atoms with van der Waals surface area (Å²) < 4.78 is 44.0. The maximum atomic E-state index is 13.4. The van der Waals surface area contributed by atoms with Crippen LogP contribution in [0.5, 0.6) is 0 Å². The van der Waals surface area contributed by atoms with Gasteiger partial charge in [0.25, 0.3) is 5.91 Å². The Morgan fingerprint density at radius 1 is 0.923 bits per heavy atom. The molecule has 0 spiro atoms. The molecule has 3 aromatic rings. The number of amides is 2. The van der Waals surface area contributed by atoms with Crippen molar-refractivity contribution in [2.75, 3.05) is 38.6 Å². The molecule has 1 fully saturated rings. The van der Waals surface area contributed by atoms with Crippen molar-refractivity contribution in [2.24, 2.45) is 0 Å². The van der Waals surface area contributed by atoms with Crippen LogP contribution in [0.1, 0.15) is 32.6 Å². The molecule has 0 unspecified atom stereocenters. The highest BCUT2D eigenvalue weighted by atomic mass is 19.4. The summed E-state index contributed by atoms with van der Waals surface area (Å²) in [7, 11) is 1.40. The zero-order chi connectivity index (χ0) is 27.7. The Hall–Kier alpha value is -3.85. The van der Waals surface area contributed by atoms with E-state index in [1.165, 1.54) is 30.4 Å². The zero-order valence-electron chi connectivity index (χ0n) is 21.8. The lowest BCUT2D eigenvalue weighted by molar-refractivity contribution is -0.137. The molecule has 204 valence electrons. The molecule has 39 heavy (non-hydrogen) atoms. The molecule has 1 N–H and O–H groups in total. The highest BCUT2D eigenvalue weighted by Gasteiger charge is 2.32. The van der Waals surface area contributed by atoms with E-state index >= 15 is 0 Å². The van der Waals surface area contributed by atoms with E-state index in [4.69, 9.17) is 4.74 Å². The molecule has 9 heteroatoms. The number of alkyl halides is 3. The summed E-state index contributed by atoms with van der Waals surface area (Å²) >= 11 is 0. The molecule has 0 bridgehead atoms. The summed E-state index contributed by atoms with van der Waals surface area (Å²) in [6.45, 7) is 4.69. The second-order valence-electron chi connectivity index (χ2n) is 10.1. The standard InChI is InChI=1S/C30H30F3N3O3/c1-19-4-3-5-26(27(19)20-6-9-23(10-7-20)30(31,32)33)28(37)34-24-11-8-21-17-25(18-22(21)16-24)35-12-14-36(15-13-35)29(38)39-2/h3-11,16,25H,12-15,17-18H2,1-2H3,(H,34,37)/t25-/m1/s1. The molecule has 1 atom stereocenters. The number of anilines is 1. The van der Waals surface area contributed by atoms with Crippen LogP contribution in [0.3, 0.4) is 0 Å². The van der Waals surface area contributed by atoms with Crippen LogP contribution in [-0.2, 0) is 23.8 Å². The Morgan fingerprint density at radius 2 is 1.62 bits per heavy atom. The van der Waals surface area contributed by atoms with Crippen LogP contribution in [0.4, 0.5) is 23.7 Å². The van der Waals surface area contributed by atoms with Crippen LogP contribution in [0.2, 0.25) is 0 Å². The number of hydrogen-bond acceptors (Lipinski definition) is 4. The molecule has 0 aromatic heterocycles. The van der Waals surface area contributed by atoms with Gasteiger partial charge in [-0.3, -0.25) is 9.69 Å². The average molecular weight is 538 g/mol. The largest absolute Gasteiger partial charge is 0.453 e. The third-order valence-corrected chi connectivity index (χ3v) is 7.66. The van der Waals surface area contributed by atoms with E-state index in [-0.39, 0.29) is 12.0 Å². The van der Waals surface area contributed by atoms with Crippen molar-refractivity contribution in [1.82, 2.24) is 9.80 Å². The van der Waals surface area contributed by atoms with Crippen LogP contribution in [0.25, 0.3) is 11.1 Å². The Bertz CT molecular complexity index is 1380. The van der Waals surface area contributed by atoms with Crippen molar-refractivity contribution in [2.45, 2.75) is 32.0 Å². The number of carbonyl (C=O) groups is 2. The number of methoxy groups -OCH3 is 1. The number of hydrogen-bond donors (Lipinski definition) is 1. The maximum absolute atomic E-state index is 13.4. The fourth-order valence-electron chi connectivity index (χ4n) is 5.59. The first-order chi connectivity index (χ1) is 18.6. The number of carbonyl (C=O) groups excluding carboxylic acids is 2. The predicted octanol–water partition coefficient (Wildman–Crippen LogP) is 5.78. The third kappa shape index (κ3) is 5.63. The number of rotatable bonds is 4. The van der Waals surface area contributed by atoms with E-state index in [1.807, 2.05) is 31.2 Å². The third-order valence-electron chi connectivity index (χ3n) is 7.66. The molecule has 6 nitrogen and oxygen atoms in total. The first kappa shape index (κ1) is 26.7. The summed E-state index contributed by atoms with van der Waals surface area (Å²) in [4.78, 5) is 29.3. The molecule has 5 rings (SSSR count). The monoisotopic (exact) mass is 537 g/mol. The van der Waals surface area contributed by atoms with Gasteiger partial charge in [-0.05, 0) is 77.9 Å². The van der Waals surface area contributed by atoms with E-state index in [0.717, 1.165) is 43.6 Å². The minimum atomic E-state index is -4.42. The van der Waals surface area contributed by atoms with E-state index in [2.05, 4.69) is 10.2 Å². The number of nitrogens with zero attached hydrogens (tertiary/aromatic N) is 2. The van der Waals surface area contributed by atoms with Gasteiger partial charge in [0.15, 0.2) is 0 Å². The van der Waals surface area contributed by atoms with Crippen LogP contribution < -0.4 is 5.32 Å². The van der Waals surface area contributed by atoms with E-state index in [9.17, 15) is 22.8 Å². The molecule has 1 saturated heterocycles. The SMILES string of the molecule is COC(=O)N1CCN([C@@H]2Cc3ccc(NC(=O)c4cccc(C)c4-c4ccc(C(F)(F)F)cc4)cc3C2)CC1. The van der Waals surface area contributed by atoms with Crippen LogP contribution >= 0.6 is 0 Å². The van der Waals surface area contributed by atoms with Crippen molar-refractivity contribution in [1.29, 1.82) is 0 Å². The van der Waals surface area contributed by atoms with Crippen LogP contribution in [0.15, 0.2) is 60.7 Å². The van der Waals surface area contributed by atoms with Gasteiger partial charge in [-0.1, -0.05) is 30.3 Å². The molecule has 2 amide bonds. The van der Waals surface area contributed by atoms with Crippen molar-refractivity contribution >= 4 is 17.7 Å². The summed E-state index contributed by atoms with van der Waals surface area (Å²) in [5.74, 6) is -0.318. The Labute approximate surface area is 225 Å². The van der Waals surface area contributed by atoms with Gasteiger partial charge < -0.3 is 15.0 Å². The topological polar surface area (TPSA) is 61.9 Å². The second-order valence-corrected chi connectivity index (χ2v) is 10.1. The minimum Gasteiger partial charge on any atom is -0.453 e. The maximum Gasteiger partial charge on any atom is 0.416 e. The summed E-state index contributed by atoms with van der Waals surface area (Å²) in [6, 6.07) is 16.5. The number of piperazine rings is 1. The minimum absolute atomic E-state index is 0.292. The number of nitrogens with one attached hydrogen (secondary N) is 1. The highest BCUT2D eigenvalue weighted by Crippen LogP contribution is 2.34. The highest BCUT2D eigenvalue weighted by molar-refractivity contribution is 6.09. The van der Waals surface area contributed by atoms with E-state index < -0.39 is 11.7 Å². The first-order valence-electron chi connectivity index (χ1n) is 12.9. The molecule has 0 radical (unpaired) electrons. The molecular weight excluding hydrogens is 507 g/mol. The predicted molar refractivity (Wildman–Crippen MR) is 143 cm³/mol. The van der Waals surface area contributed by atoms with Gasteiger partial charge >= 0.3 is 12.3 Å². The summed E-state index contributed by atoms with van der Waals surface area (Å²) in [5, 5.41) is 2.99. The van der Waals surface area contributed by atoms with Gasteiger partial charge in [0.05, 0.1) is 12.7 Å². The smallest absolute Gasteiger partial charge is 0.416 e. The molecule has 1 aliphatic carbocycles. The number of benzene rings is 3. The van der Waals surface area contributed by atoms with E-state index in [1.54, 1.807) is 17.0 Å². The van der Waals surface area contributed by atoms with Gasteiger partial charge in [-0.25, -0.2) is 4.79 Å². The van der Waals surface area contributed by atoms with Crippen molar-refractivity contribution < 1.29 is 27.5 Å². The normalized spacial score (nSPS) is 17.6. The first-order valence-corrected chi connectivity index (χ1v) is 12.9. The van der Waals surface area contributed by atoms with Crippen molar-refractivity contribution in [3.8, 4) is 11.1 Å².